The first-order chi connectivity index (χ1) is 12.2. The molecule has 1 saturated carbocycles. The Labute approximate surface area is 147 Å². The van der Waals surface area contributed by atoms with Gasteiger partial charge in [-0.25, -0.2) is 31.1 Å². The molecule has 0 aliphatic heterocycles. The lowest BCUT2D eigenvalue weighted by Crippen LogP contribution is -2.17. The molecule has 2 N–H and O–H groups in total. The third-order valence-electron chi connectivity index (χ3n) is 4.48. The molecule has 0 spiro atoms. The van der Waals surface area contributed by atoms with Crippen molar-refractivity contribution in [1.29, 1.82) is 0 Å². The molecule has 26 heavy (non-hydrogen) atoms. The number of hydrogen-bond donors (Lipinski definition) is 1. The Bertz CT molecular complexity index is 899. The molecule has 5 nitrogen and oxygen atoms in total. The number of hydrogen-bond acceptors (Lipinski definition) is 3. The summed E-state index contributed by atoms with van der Waals surface area (Å²) in [6.45, 7) is 0. The molecule has 0 bridgehead atoms. The summed E-state index contributed by atoms with van der Waals surface area (Å²) in [5.41, 5.74) is -0.453. The summed E-state index contributed by atoms with van der Waals surface area (Å²) in [6.07, 6.45) is 1.44. The fourth-order valence-corrected chi connectivity index (χ4v) is 3.98. The molecule has 10 heteroatoms. The normalized spacial score (nSPS) is 16.4. The Morgan fingerprint density at radius 1 is 1.08 bits per heavy atom. The van der Waals surface area contributed by atoms with Gasteiger partial charge in [-0.3, -0.25) is 4.68 Å². The van der Waals surface area contributed by atoms with Crippen LogP contribution < -0.4 is 5.14 Å². The van der Waals surface area contributed by atoms with Gasteiger partial charge in [-0.15, -0.1) is 0 Å². The van der Waals surface area contributed by atoms with Crippen LogP contribution in [-0.4, -0.2) is 18.2 Å². The van der Waals surface area contributed by atoms with Crippen LogP contribution in [0.25, 0.3) is 11.3 Å². The van der Waals surface area contributed by atoms with Crippen LogP contribution in [0.2, 0.25) is 0 Å². The highest BCUT2D eigenvalue weighted by Crippen LogP contribution is 2.35. The highest BCUT2D eigenvalue weighted by molar-refractivity contribution is 7.89. The lowest BCUT2D eigenvalue weighted by molar-refractivity contribution is 0.144. The number of aromatic nitrogens is 2. The molecular formula is C16H17F4N3O2S. The second kappa shape index (κ2) is 6.99. The minimum Gasteiger partial charge on any atom is -0.261 e. The Hall–Kier alpha value is -1.94. The molecule has 1 aliphatic carbocycles. The summed E-state index contributed by atoms with van der Waals surface area (Å²) in [5, 5.41) is 8.73. The van der Waals surface area contributed by atoms with Crippen molar-refractivity contribution in [3.8, 4) is 11.3 Å². The molecule has 1 aromatic heterocycles. The van der Waals surface area contributed by atoms with Crippen LogP contribution in [0.1, 0.15) is 50.3 Å². The number of alkyl halides is 2. The van der Waals surface area contributed by atoms with Crippen molar-refractivity contribution in [2.24, 2.45) is 5.14 Å². The summed E-state index contributed by atoms with van der Waals surface area (Å²) in [5.74, 6) is -2.75. The Kier molecular flexibility index (Phi) is 5.07. The van der Waals surface area contributed by atoms with E-state index in [1.54, 1.807) is 0 Å². The van der Waals surface area contributed by atoms with Crippen molar-refractivity contribution >= 4 is 10.0 Å². The van der Waals surface area contributed by atoms with Crippen LogP contribution in [0.15, 0.2) is 23.1 Å². The van der Waals surface area contributed by atoms with E-state index in [1.807, 2.05) is 0 Å². The molecule has 3 rings (SSSR count). The van der Waals surface area contributed by atoms with E-state index in [4.69, 9.17) is 5.14 Å². The van der Waals surface area contributed by atoms with Crippen molar-refractivity contribution in [3.05, 3.63) is 35.5 Å². The molecule has 1 aliphatic rings. The largest absolute Gasteiger partial charge is 0.282 e. The van der Waals surface area contributed by atoms with Crippen LogP contribution in [0, 0.1) is 11.6 Å². The van der Waals surface area contributed by atoms with Gasteiger partial charge in [-0.2, -0.15) is 5.10 Å². The highest BCUT2D eigenvalue weighted by atomic mass is 32.2. The minimum atomic E-state index is -4.59. The first kappa shape index (κ1) is 18.8. The number of halogens is 4. The van der Waals surface area contributed by atoms with E-state index in [-0.39, 0.29) is 17.3 Å². The van der Waals surface area contributed by atoms with Crippen LogP contribution in [0.3, 0.4) is 0 Å². The molecule has 0 radical (unpaired) electrons. The summed E-state index contributed by atoms with van der Waals surface area (Å²) >= 11 is 0. The maximum absolute atomic E-state index is 14.2. The predicted molar refractivity (Wildman–Crippen MR) is 86.0 cm³/mol. The molecule has 1 heterocycles. The highest BCUT2D eigenvalue weighted by Gasteiger charge is 2.26. The molecule has 1 aromatic carbocycles. The van der Waals surface area contributed by atoms with E-state index in [9.17, 15) is 26.0 Å². The first-order valence-electron chi connectivity index (χ1n) is 8.08. The van der Waals surface area contributed by atoms with Crippen LogP contribution >= 0.6 is 0 Å². The van der Waals surface area contributed by atoms with Crippen molar-refractivity contribution in [2.45, 2.75) is 49.5 Å². The molecule has 1 fully saturated rings. The molecule has 0 unspecified atom stereocenters. The summed E-state index contributed by atoms with van der Waals surface area (Å²) < 4.78 is 78.5. The molecule has 142 valence electrons. The third-order valence-corrected chi connectivity index (χ3v) is 5.44. The van der Waals surface area contributed by atoms with E-state index < -0.39 is 38.7 Å². The Morgan fingerprint density at radius 2 is 1.65 bits per heavy atom. The van der Waals surface area contributed by atoms with Gasteiger partial charge in [-0.1, -0.05) is 19.3 Å². The summed E-state index contributed by atoms with van der Waals surface area (Å²) in [4.78, 5) is -1.25. The number of sulfonamides is 1. The van der Waals surface area contributed by atoms with Gasteiger partial charge in [0.25, 0.3) is 6.43 Å². The number of rotatable bonds is 4. The van der Waals surface area contributed by atoms with Crippen LogP contribution in [0.5, 0.6) is 0 Å². The lowest BCUT2D eigenvalue weighted by atomic mass is 9.95. The average Bonchev–Trinajstić information content (AvgIpc) is 2.99. The second-order valence-corrected chi connectivity index (χ2v) is 7.80. The Morgan fingerprint density at radius 3 is 2.15 bits per heavy atom. The summed E-state index contributed by atoms with van der Waals surface area (Å²) in [6, 6.07) is 2.46. The second-order valence-electron chi connectivity index (χ2n) is 6.31. The van der Waals surface area contributed by atoms with Gasteiger partial charge in [0.2, 0.25) is 10.0 Å². The van der Waals surface area contributed by atoms with Gasteiger partial charge >= 0.3 is 0 Å². The molecule has 2 aromatic rings. The molecule has 0 atom stereocenters. The third kappa shape index (κ3) is 3.61. The SMILES string of the molecule is NS(=O)(=O)c1c(F)cc(-c2cc(C(F)F)nn2C2CCCCC2)cc1F. The van der Waals surface area contributed by atoms with Gasteiger partial charge in [0.05, 0.1) is 11.7 Å². The van der Waals surface area contributed by atoms with Crippen molar-refractivity contribution < 1.29 is 26.0 Å². The lowest BCUT2D eigenvalue weighted by Gasteiger charge is -2.24. The van der Waals surface area contributed by atoms with E-state index in [2.05, 4.69) is 5.10 Å². The van der Waals surface area contributed by atoms with Crippen LogP contribution in [0.4, 0.5) is 17.6 Å². The number of nitrogens with zero attached hydrogens (tertiary/aromatic N) is 2. The zero-order valence-electron chi connectivity index (χ0n) is 13.6. The zero-order chi connectivity index (χ0) is 19.1. The molecular weight excluding hydrogens is 374 g/mol. The number of benzene rings is 1. The van der Waals surface area contributed by atoms with E-state index in [1.165, 1.54) is 4.68 Å². The fraction of sp³-hybridized carbons (Fsp3) is 0.438. The predicted octanol–water partition coefficient (Wildman–Crippen LogP) is 3.92. The van der Waals surface area contributed by atoms with Gasteiger partial charge in [0.15, 0.2) is 4.90 Å². The maximum atomic E-state index is 14.2. The minimum absolute atomic E-state index is 0.0719. The smallest absolute Gasteiger partial charge is 0.261 e. The van der Waals surface area contributed by atoms with Gasteiger partial charge < -0.3 is 0 Å². The fourth-order valence-electron chi connectivity index (χ4n) is 3.32. The van der Waals surface area contributed by atoms with E-state index in [0.717, 1.165) is 50.3 Å². The quantitative estimate of drug-likeness (QED) is 0.803. The average molecular weight is 391 g/mol. The molecule has 0 amide bonds. The molecule has 0 saturated heterocycles. The zero-order valence-corrected chi connectivity index (χ0v) is 14.4. The number of nitrogens with two attached hydrogens (primary N) is 1. The monoisotopic (exact) mass is 391 g/mol. The van der Waals surface area contributed by atoms with E-state index in [0.29, 0.717) is 0 Å². The van der Waals surface area contributed by atoms with E-state index >= 15 is 0 Å². The standard InChI is InChI=1S/C16H17F4N3O2S/c17-11-6-9(7-12(18)15(11)26(21,24)25)14-8-13(16(19)20)22-23(14)10-4-2-1-3-5-10/h6-8,10,16H,1-5H2,(H2,21,24,25). The van der Waals surface area contributed by atoms with Gasteiger partial charge in [-0.05, 0) is 31.0 Å². The Balaban J connectivity index is 2.14. The maximum Gasteiger partial charge on any atom is 0.282 e. The first-order valence-corrected chi connectivity index (χ1v) is 9.63. The topological polar surface area (TPSA) is 78.0 Å². The number of primary sulfonamides is 1. The van der Waals surface area contributed by atoms with Gasteiger partial charge in [0.1, 0.15) is 17.3 Å². The van der Waals surface area contributed by atoms with Crippen LogP contribution in [-0.2, 0) is 10.0 Å². The van der Waals surface area contributed by atoms with Crippen molar-refractivity contribution in [1.82, 2.24) is 9.78 Å². The van der Waals surface area contributed by atoms with Crippen molar-refractivity contribution in [3.63, 3.8) is 0 Å². The van der Waals surface area contributed by atoms with Gasteiger partial charge in [0, 0.05) is 5.56 Å². The van der Waals surface area contributed by atoms with Crippen molar-refractivity contribution in [2.75, 3.05) is 0 Å². The summed E-state index contributed by atoms with van der Waals surface area (Å²) in [7, 11) is -4.59.